The average molecular weight is 353 g/mol. The van der Waals surface area contributed by atoms with Gasteiger partial charge in [0, 0.05) is 12.1 Å². The van der Waals surface area contributed by atoms with Crippen LogP contribution in [-0.2, 0) is 9.59 Å². The maximum atomic E-state index is 13.5. The van der Waals surface area contributed by atoms with Crippen LogP contribution in [0.1, 0.15) is 0 Å². The van der Waals surface area contributed by atoms with Gasteiger partial charge < -0.3 is 20.1 Å². The first-order valence-electron chi connectivity index (χ1n) is 6.74. The Morgan fingerprint density at radius 1 is 0.958 bits per heavy atom. The maximum Gasteiger partial charge on any atom is 0.314 e. The third kappa shape index (κ3) is 3.94. The Kier molecular flexibility index (Phi) is 5.59. The van der Waals surface area contributed by atoms with Crippen molar-refractivity contribution in [3.05, 3.63) is 47.2 Å². The van der Waals surface area contributed by atoms with Crippen molar-refractivity contribution in [3.63, 3.8) is 0 Å². The number of carbonyl (C=O) groups excluding carboxylic acids is 2. The van der Waals surface area contributed by atoms with Gasteiger partial charge in [-0.15, -0.1) is 0 Å². The fourth-order valence-electron chi connectivity index (χ4n) is 1.88. The average Bonchev–Trinajstić information content (AvgIpc) is 2.57. The maximum absolute atomic E-state index is 13.5. The minimum atomic E-state index is -1.03. The lowest BCUT2D eigenvalue weighted by Crippen LogP contribution is -2.29. The molecule has 0 spiro atoms. The van der Waals surface area contributed by atoms with E-state index in [9.17, 15) is 14.0 Å². The highest BCUT2D eigenvalue weighted by molar-refractivity contribution is 6.44. The summed E-state index contributed by atoms with van der Waals surface area (Å²) < 4.78 is 23.7. The minimum absolute atomic E-state index is 0.0988. The van der Waals surface area contributed by atoms with E-state index in [2.05, 4.69) is 10.6 Å². The standard InChI is InChI=1S/C16H14ClFN2O4/c1-23-13-8-12(14(24-2)7-9(13)17)20-16(22)15(21)19-11-6-4-3-5-10(11)18/h3-8H,1-2H3,(H,19,21)(H,20,22). The van der Waals surface area contributed by atoms with E-state index in [1.165, 1.54) is 50.6 Å². The number of rotatable bonds is 4. The van der Waals surface area contributed by atoms with Gasteiger partial charge in [-0.05, 0) is 12.1 Å². The predicted molar refractivity (Wildman–Crippen MR) is 88.2 cm³/mol. The molecular formula is C16H14ClFN2O4. The highest BCUT2D eigenvalue weighted by Gasteiger charge is 2.19. The fourth-order valence-corrected chi connectivity index (χ4v) is 2.11. The van der Waals surface area contributed by atoms with E-state index in [1.54, 1.807) is 0 Å². The van der Waals surface area contributed by atoms with Crippen molar-refractivity contribution in [2.45, 2.75) is 0 Å². The van der Waals surface area contributed by atoms with E-state index < -0.39 is 17.6 Å². The molecule has 0 aliphatic rings. The Bertz CT molecular complexity index is 783. The highest BCUT2D eigenvalue weighted by Crippen LogP contribution is 2.35. The minimum Gasteiger partial charge on any atom is -0.495 e. The Balaban J connectivity index is 2.17. The van der Waals surface area contributed by atoms with E-state index in [1.807, 2.05) is 0 Å². The summed E-state index contributed by atoms with van der Waals surface area (Å²) in [7, 11) is 2.79. The second-order valence-corrected chi connectivity index (χ2v) is 4.98. The lowest BCUT2D eigenvalue weighted by molar-refractivity contribution is -0.133. The van der Waals surface area contributed by atoms with Crippen LogP contribution in [0.2, 0.25) is 5.02 Å². The second-order valence-electron chi connectivity index (χ2n) is 4.58. The molecule has 0 aliphatic heterocycles. The fraction of sp³-hybridized carbons (Fsp3) is 0.125. The largest absolute Gasteiger partial charge is 0.495 e. The molecule has 0 fully saturated rings. The van der Waals surface area contributed by atoms with Crippen LogP contribution in [0.5, 0.6) is 11.5 Å². The van der Waals surface area contributed by atoms with Crippen molar-refractivity contribution >= 4 is 34.8 Å². The molecular weight excluding hydrogens is 339 g/mol. The van der Waals surface area contributed by atoms with Gasteiger partial charge in [0.25, 0.3) is 0 Å². The smallest absolute Gasteiger partial charge is 0.314 e. The molecule has 0 atom stereocenters. The molecule has 0 aliphatic carbocycles. The lowest BCUT2D eigenvalue weighted by Gasteiger charge is -2.13. The van der Waals surface area contributed by atoms with Crippen molar-refractivity contribution < 1.29 is 23.5 Å². The zero-order valence-electron chi connectivity index (χ0n) is 12.9. The third-order valence-electron chi connectivity index (χ3n) is 3.05. The molecule has 0 bridgehead atoms. The SMILES string of the molecule is COc1cc(NC(=O)C(=O)Nc2ccccc2F)c(OC)cc1Cl. The van der Waals surface area contributed by atoms with Crippen LogP contribution in [0.3, 0.4) is 0 Å². The van der Waals surface area contributed by atoms with Crippen LogP contribution < -0.4 is 20.1 Å². The number of ether oxygens (including phenoxy) is 2. The van der Waals surface area contributed by atoms with Crippen molar-refractivity contribution in [1.29, 1.82) is 0 Å². The number of anilines is 2. The number of para-hydroxylation sites is 1. The Labute approximate surface area is 142 Å². The van der Waals surface area contributed by atoms with Crippen molar-refractivity contribution in [2.24, 2.45) is 0 Å². The number of halogens is 2. The van der Waals surface area contributed by atoms with E-state index in [-0.39, 0.29) is 22.1 Å². The van der Waals surface area contributed by atoms with Crippen LogP contribution in [0, 0.1) is 5.82 Å². The summed E-state index contributed by atoms with van der Waals surface area (Å²) in [6.07, 6.45) is 0. The number of methoxy groups -OCH3 is 2. The first-order chi connectivity index (χ1) is 11.5. The molecule has 24 heavy (non-hydrogen) atoms. The molecule has 8 heteroatoms. The molecule has 2 aromatic carbocycles. The van der Waals surface area contributed by atoms with Gasteiger partial charge in [-0.2, -0.15) is 0 Å². The van der Waals surface area contributed by atoms with E-state index in [0.717, 1.165) is 0 Å². The summed E-state index contributed by atoms with van der Waals surface area (Å²) in [4.78, 5) is 23.9. The number of amides is 2. The second kappa shape index (κ2) is 7.65. The number of hydrogen-bond acceptors (Lipinski definition) is 4. The number of carbonyl (C=O) groups is 2. The van der Waals surface area contributed by atoms with Gasteiger partial charge in [-0.3, -0.25) is 9.59 Å². The monoisotopic (exact) mass is 352 g/mol. The molecule has 2 N–H and O–H groups in total. The molecule has 126 valence electrons. The van der Waals surface area contributed by atoms with E-state index in [0.29, 0.717) is 5.75 Å². The molecule has 6 nitrogen and oxygen atoms in total. The van der Waals surface area contributed by atoms with Gasteiger partial charge in [0.1, 0.15) is 17.3 Å². The first kappa shape index (κ1) is 17.6. The zero-order chi connectivity index (χ0) is 17.7. The summed E-state index contributed by atoms with van der Waals surface area (Å²) in [5.41, 5.74) is 0.0886. The Morgan fingerprint density at radius 2 is 1.54 bits per heavy atom. The number of hydrogen-bond donors (Lipinski definition) is 2. The van der Waals surface area contributed by atoms with Gasteiger partial charge in [0.05, 0.1) is 30.6 Å². The van der Waals surface area contributed by atoms with Gasteiger partial charge in [0.15, 0.2) is 0 Å². The number of benzene rings is 2. The Morgan fingerprint density at radius 3 is 2.12 bits per heavy atom. The summed E-state index contributed by atoms with van der Waals surface area (Å²) in [5, 5.41) is 4.83. The molecule has 0 aromatic heterocycles. The van der Waals surface area contributed by atoms with Crippen LogP contribution in [0.25, 0.3) is 0 Å². The van der Waals surface area contributed by atoms with Crippen LogP contribution in [-0.4, -0.2) is 26.0 Å². The van der Waals surface area contributed by atoms with Crippen LogP contribution in [0.4, 0.5) is 15.8 Å². The molecule has 0 saturated carbocycles. The van der Waals surface area contributed by atoms with Crippen molar-refractivity contribution in [1.82, 2.24) is 0 Å². The molecule has 2 amide bonds. The van der Waals surface area contributed by atoms with E-state index >= 15 is 0 Å². The summed E-state index contributed by atoms with van der Waals surface area (Å²) in [6, 6.07) is 8.35. The first-order valence-corrected chi connectivity index (χ1v) is 7.12. The van der Waals surface area contributed by atoms with E-state index in [4.69, 9.17) is 21.1 Å². The molecule has 0 unspecified atom stereocenters. The summed E-state index contributed by atoms with van der Waals surface area (Å²) in [6.45, 7) is 0. The molecule has 0 radical (unpaired) electrons. The van der Waals surface area contributed by atoms with Gasteiger partial charge in [0.2, 0.25) is 0 Å². The molecule has 0 heterocycles. The summed E-state index contributed by atoms with van der Waals surface area (Å²) >= 11 is 5.97. The quantitative estimate of drug-likeness (QED) is 0.829. The zero-order valence-corrected chi connectivity index (χ0v) is 13.6. The van der Waals surface area contributed by atoms with Crippen molar-refractivity contribution in [3.8, 4) is 11.5 Å². The predicted octanol–water partition coefficient (Wildman–Crippen LogP) is 3.07. The molecule has 2 aromatic rings. The van der Waals surface area contributed by atoms with Gasteiger partial charge in [-0.25, -0.2) is 4.39 Å². The molecule has 0 saturated heterocycles. The number of nitrogens with one attached hydrogen (secondary N) is 2. The molecule has 2 rings (SSSR count). The topological polar surface area (TPSA) is 76.7 Å². The van der Waals surface area contributed by atoms with Crippen LogP contribution >= 0.6 is 11.6 Å². The third-order valence-corrected chi connectivity index (χ3v) is 3.35. The van der Waals surface area contributed by atoms with Crippen LogP contribution in [0.15, 0.2) is 36.4 Å². The Hall–Kier alpha value is -2.80. The highest BCUT2D eigenvalue weighted by atomic mass is 35.5. The van der Waals surface area contributed by atoms with Gasteiger partial charge >= 0.3 is 11.8 Å². The summed E-state index contributed by atoms with van der Waals surface area (Å²) in [5.74, 6) is -2.14. The lowest BCUT2D eigenvalue weighted by atomic mass is 10.2. The normalized spacial score (nSPS) is 10.0. The van der Waals surface area contributed by atoms with Crippen molar-refractivity contribution in [2.75, 3.05) is 24.9 Å². The van der Waals surface area contributed by atoms with Gasteiger partial charge in [-0.1, -0.05) is 23.7 Å².